The van der Waals surface area contributed by atoms with Crippen LogP contribution in [-0.2, 0) is 10.2 Å². The molecule has 1 aromatic carbocycles. The van der Waals surface area contributed by atoms with Crippen LogP contribution in [0.5, 0.6) is 0 Å². The van der Waals surface area contributed by atoms with Gasteiger partial charge in [-0.25, -0.2) is 0 Å². The van der Waals surface area contributed by atoms with Crippen molar-refractivity contribution in [1.82, 2.24) is 10.2 Å². The topological polar surface area (TPSA) is 32.3 Å². The summed E-state index contributed by atoms with van der Waals surface area (Å²) >= 11 is 0. The van der Waals surface area contributed by atoms with Crippen LogP contribution in [0.3, 0.4) is 0 Å². The number of benzene rings is 1. The second-order valence-electron chi connectivity index (χ2n) is 7.66. The van der Waals surface area contributed by atoms with E-state index in [4.69, 9.17) is 0 Å². The number of nitrogens with one attached hydrogen (secondary N) is 1. The minimum atomic E-state index is -0.441. The highest BCUT2D eigenvalue weighted by molar-refractivity contribution is 5.88. The average Bonchev–Trinajstić information content (AvgIpc) is 2.96. The molecule has 128 valence electrons. The molecule has 2 fully saturated rings. The Labute approximate surface area is 146 Å². The summed E-state index contributed by atoms with van der Waals surface area (Å²) in [5.74, 6) is 0.280. The third-order valence-corrected chi connectivity index (χ3v) is 5.80. The quantitative estimate of drug-likeness (QED) is 0.898. The number of rotatable bonds is 2. The first-order valence-electron chi connectivity index (χ1n) is 8.51. The van der Waals surface area contributed by atoms with Crippen molar-refractivity contribution < 1.29 is 4.79 Å². The molecule has 0 aliphatic carbocycles. The minimum Gasteiger partial charge on any atom is -0.342 e. The molecule has 23 heavy (non-hydrogen) atoms. The Morgan fingerprint density at radius 3 is 2.39 bits per heavy atom. The van der Waals surface area contributed by atoms with Crippen LogP contribution in [0.4, 0.5) is 0 Å². The molecular weight excluding hydrogens is 308 g/mol. The van der Waals surface area contributed by atoms with Crippen LogP contribution in [0.15, 0.2) is 24.3 Å². The van der Waals surface area contributed by atoms with Crippen molar-refractivity contribution in [2.75, 3.05) is 26.2 Å². The molecule has 4 heteroatoms. The number of carbonyl (C=O) groups excluding carboxylic acids is 1. The molecule has 2 aliphatic heterocycles. The number of nitrogens with zero attached hydrogens (tertiary/aromatic N) is 1. The molecule has 0 bridgehead atoms. The summed E-state index contributed by atoms with van der Waals surface area (Å²) in [6, 6.07) is 8.27. The van der Waals surface area contributed by atoms with Gasteiger partial charge in [-0.1, -0.05) is 24.3 Å². The molecule has 2 heterocycles. The van der Waals surface area contributed by atoms with Crippen LogP contribution in [0.2, 0.25) is 0 Å². The Morgan fingerprint density at radius 2 is 1.83 bits per heavy atom. The van der Waals surface area contributed by atoms with Crippen molar-refractivity contribution in [3.63, 3.8) is 0 Å². The summed E-state index contributed by atoms with van der Waals surface area (Å²) in [5.41, 5.74) is 2.38. The molecule has 0 unspecified atom stereocenters. The fraction of sp³-hybridized carbons (Fsp3) is 0.632. The number of carbonyl (C=O) groups is 1. The second-order valence-corrected chi connectivity index (χ2v) is 7.66. The minimum absolute atomic E-state index is 0. The fourth-order valence-corrected chi connectivity index (χ4v) is 4.19. The Hall–Kier alpha value is -1.06. The van der Waals surface area contributed by atoms with Crippen LogP contribution >= 0.6 is 12.4 Å². The maximum absolute atomic E-state index is 13.1. The van der Waals surface area contributed by atoms with E-state index in [0.29, 0.717) is 5.41 Å². The van der Waals surface area contributed by atoms with Gasteiger partial charge in [-0.15, -0.1) is 12.4 Å². The first-order chi connectivity index (χ1) is 10.4. The van der Waals surface area contributed by atoms with Gasteiger partial charge in [0.25, 0.3) is 0 Å². The van der Waals surface area contributed by atoms with Crippen molar-refractivity contribution in [3.8, 4) is 0 Å². The maximum Gasteiger partial charge on any atom is 0.232 e. The van der Waals surface area contributed by atoms with E-state index in [-0.39, 0.29) is 18.3 Å². The zero-order valence-electron chi connectivity index (χ0n) is 14.5. The third kappa shape index (κ3) is 3.41. The lowest BCUT2D eigenvalue weighted by atomic mass is 9.76. The van der Waals surface area contributed by atoms with E-state index >= 15 is 0 Å². The van der Waals surface area contributed by atoms with Crippen LogP contribution < -0.4 is 5.32 Å². The van der Waals surface area contributed by atoms with Gasteiger partial charge in [-0.3, -0.25) is 4.79 Å². The van der Waals surface area contributed by atoms with E-state index in [2.05, 4.69) is 43.1 Å². The Morgan fingerprint density at radius 1 is 1.17 bits per heavy atom. The smallest absolute Gasteiger partial charge is 0.232 e. The molecule has 2 aliphatic rings. The van der Waals surface area contributed by atoms with E-state index in [1.807, 2.05) is 12.1 Å². The molecule has 0 saturated carbocycles. The molecule has 1 spiro atoms. The highest BCUT2D eigenvalue weighted by Crippen LogP contribution is 2.38. The lowest BCUT2D eigenvalue weighted by Crippen LogP contribution is -2.50. The first-order valence-corrected chi connectivity index (χ1v) is 8.51. The van der Waals surface area contributed by atoms with Crippen LogP contribution in [0.1, 0.15) is 44.2 Å². The Kier molecular flexibility index (Phi) is 5.42. The predicted octanol–water partition coefficient (Wildman–Crippen LogP) is 3.30. The van der Waals surface area contributed by atoms with E-state index in [1.165, 1.54) is 12.0 Å². The number of aryl methyl sites for hydroxylation is 1. The molecule has 1 aromatic rings. The predicted molar refractivity (Wildman–Crippen MR) is 97.2 cm³/mol. The molecule has 3 rings (SSSR count). The van der Waals surface area contributed by atoms with Gasteiger partial charge < -0.3 is 10.2 Å². The Bertz CT molecular complexity index is 554. The fourth-order valence-electron chi connectivity index (χ4n) is 4.19. The molecule has 2 saturated heterocycles. The van der Waals surface area contributed by atoms with Gasteiger partial charge in [0.2, 0.25) is 5.91 Å². The number of amides is 1. The molecular formula is C19H29ClN2O. The molecule has 0 atom stereocenters. The molecule has 1 N–H and O–H groups in total. The van der Waals surface area contributed by atoms with Crippen molar-refractivity contribution in [3.05, 3.63) is 35.4 Å². The van der Waals surface area contributed by atoms with Gasteiger partial charge in [0, 0.05) is 19.6 Å². The standard InChI is InChI=1S/C19H28N2O.ClH/c1-15-6-4-5-7-16(15)18(2,3)17(22)21-12-9-19(10-13-21)8-11-20-14-19;/h4-7,20H,8-14H2,1-3H3;1H. The Balaban J connectivity index is 0.00000192. The molecule has 0 aromatic heterocycles. The highest BCUT2D eigenvalue weighted by Gasteiger charge is 2.41. The largest absolute Gasteiger partial charge is 0.342 e. The SMILES string of the molecule is Cc1ccccc1C(C)(C)C(=O)N1CCC2(CCNC2)CC1.Cl. The number of likely N-dealkylation sites (tertiary alicyclic amines) is 1. The molecule has 1 amide bonds. The zero-order chi connectivity index (χ0) is 15.8. The van der Waals surface area contributed by atoms with Gasteiger partial charge in [0.05, 0.1) is 5.41 Å². The van der Waals surface area contributed by atoms with Crippen molar-refractivity contribution >= 4 is 18.3 Å². The third-order valence-electron chi connectivity index (χ3n) is 5.80. The number of hydrogen-bond donors (Lipinski definition) is 1. The van der Waals surface area contributed by atoms with Crippen LogP contribution in [0.25, 0.3) is 0 Å². The van der Waals surface area contributed by atoms with Gasteiger partial charge in [-0.05, 0) is 63.1 Å². The second kappa shape index (κ2) is 6.82. The monoisotopic (exact) mass is 336 g/mol. The molecule has 3 nitrogen and oxygen atoms in total. The summed E-state index contributed by atoms with van der Waals surface area (Å²) in [5, 5.41) is 3.49. The van der Waals surface area contributed by atoms with Crippen molar-refractivity contribution in [2.45, 2.75) is 45.4 Å². The van der Waals surface area contributed by atoms with Gasteiger partial charge in [0.1, 0.15) is 0 Å². The van der Waals surface area contributed by atoms with E-state index in [1.54, 1.807) is 0 Å². The highest BCUT2D eigenvalue weighted by atomic mass is 35.5. The van der Waals surface area contributed by atoms with E-state index in [0.717, 1.165) is 44.6 Å². The van der Waals surface area contributed by atoms with Crippen molar-refractivity contribution in [1.29, 1.82) is 0 Å². The summed E-state index contributed by atoms with van der Waals surface area (Å²) in [4.78, 5) is 15.2. The lowest BCUT2D eigenvalue weighted by molar-refractivity contribution is -0.138. The van der Waals surface area contributed by atoms with E-state index < -0.39 is 5.41 Å². The summed E-state index contributed by atoms with van der Waals surface area (Å²) in [7, 11) is 0. The van der Waals surface area contributed by atoms with Crippen LogP contribution in [0, 0.1) is 12.3 Å². The summed E-state index contributed by atoms with van der Waals surface area (Å²) < 4.78 is 0. The molecule has 0 radical (unpaired) electrons. The number of piperidine rings is 1. The number of hydrogen-bond acceptors (Lipinski definition) is 2. The maximum atomic E-state index is 13.1. The van der Waals surface area contributed by atoms with Gasteiger partial charge in [0.15, 0.2) is 0 Å². The van der Waals surface area contributed by atoms with Crippen LogP contribution in [-0.4, -0.2) is 37.0 Å². The summed E-state index contributed by atoms with van der Waals surface area (Å²) in [6.45, 7) is 10.3. The normalized spacial score (nSPS) is 20.4. The van der Waals surface area contributed by atoms with E-state index in [9.17, 15) is 4.79 Å². The van der Waals surface area contributed by atoms with Gasteiger partial charge in [-0.2, -0.15) is 0 Å². The summed E-state index contributed by atoms with van der Waals surface area (Å²) in [6.07, 6.45) is 3.57. The first kappa shape index (κ1) is 18.3. The lowest BCUT2D eigenvalue weighted by Gasteiger charge is -2.42. The zero-order valence-corrected chi connectivity index (χ0v) is 15.3. The number of halogens is 1. The van der Waals surface area contributed by atoms with Gasteiger partial charge >= 0.3 is 0 Å². The average molecular weight is 337 g/mol. The van der Waals surface area contributed by atoms with Crippen molar-refractivity contribution in [2.24, 2.45) is 5.41 Å².